The Morgan fingerprint density at radius 1 is 1.10 bits per heavy atom. The summed E-state index contributed by atoms with van der Waals surface area (Å²) in [4.78, 5) is 2.00. The van der Waals surface area contributed by atoms with Crippen molar-refractivity contribution in [3.8, 4) is 0 Å². The molecule has 0 amide bonds. The minimum absolute atomic E-state index is 0.685. The van der Waals surface area contributed by atoms with Crippen LogP contribution in [-0.2, 0) is 20.4 Å². The predicted octanol–water partition coefficient (Wildman–Crippen LogP) is 1.63. The molecule has 0 spiro atoms. The number of nitrogens with zero attached hydrogens (tertiary/aromatic N) is 1. The zero-order valence-electron chi connectivity index (χ0n) is 6.83. The van der Waals surface area contributed by atoms with Crippen molar-refractivity contribution >= 4 is 0 Å². The van der Waals surface area contributed by atoms with Crippen LogP contribution in [0.15, 0.2) is 24.3 Å². The van der Waals surface area contributed by atoms with Crippen molar-refractivity contribution in [2.24, 2.45) is 0 Å². The molecule has 0 aromatic carbocycles. The van der Waals surface area contributed by atoms with Crippen molar-refractivity contribution in [1.29, 1.82) is 0 Å². The maximum atomic E-state index is 2.17. The molecule has 0 heterocycles. The third-order valence-corrected chi connectivity index (χ3v) is 1.35. The van der Waals surface area contributed by atoms with E-state index in [4.69, 9.17) is 0 Å². The van der Waals surface area contributed by atoms with Gasteiger partial charge in [-0.25, -0.2) is 0 Å². The van der Waals surface area contributed by atoms with Gasteiger partial charge >= 0.3 is 49.0 Å². The zero-order chi connectivity index (χ0) is 7.98. The second-order valence-electron chi connectivity index (χ2n) is 2.64. The summed E-state index contributed by atoms with van der Waals surface area (Å²) in [7, 11) is 6.00. The molecule has 0 saturated carbocycles. The summed E-state index contributed by atoms with van der Waals surface area (Å²) in [5, 5.41) is 0. The molecule has 0 aromatic rings. The fourth-order valence-corrected chi connectivity index (χ4v) is 0.779. The van der Waals surface area contributed by atoms with E-state index in [1.54, 1.807) is 0 Å². The second kappa shape index (κ2) is 5.90. The molecule has 0 bridgehead atoms. The summed E-state index contributed by atoms with van der Waals surface area (Å²) in [6.07, 6.45) is 8.48. The Hall–Kier alpha value is 0.154. The molecule has 0 atom stereocenters. The molecule has 10 heavy (non-hydrogen) atoms. The molecule has 1 aliphatic carbocycles. The fraction of sp³-hybridized carbons (Fsp3) is 0.500. The summed E-state index contributed by atoms with van der Waals surface area (Å²) in [6.45, 7) is 0. The van der Waals surface area contributed by atoms with Gasteiger partial charge in [-0.05, 0) is 21.1 Å². The van der Waals surface area contributed by atoms with Crippen LogP contribution in [0, 0.1) is 0 Å². The minimum atomic E-state index is 0.685. The first-order valence-corrected chi connectivity index (χ1v) is 4.20. The van der Waals surface area contributed by atoms with E-state index in [2.05, 4.69) is 44.7 Å². The van der Waals surface area contributed by atoms with E-state index in [0.717, 1.165) is 0 Å². The second-order valence-corrected chi connectivity index (χ2v) is 3.68. The monoisotopic (exact) mass is 172 g/mol. The van der Waals surface area contributed by atoms with Crippen LogP contribution in [0.25, 0.3) is 0 Å². The number of hydrogen-bond donors (Lipinski definition) is 0. The van der Waals surface area contributed by atoms with E-state index in [-0.39, 0.29) is 0 Å². The standard InChI is InChI=1S/C5H5.C3H9N.Ti/c1-2-4-5-3-1;1-4(2)3;/h1-5H;1-3H3;. The van der Waals surface area contributed by atoms with Crippen LogP contribution in [0.3, 0.4) is 0 Å². The van der Waals surface area contributed by atoms with Crippen molar-refractivity contribution in [1.82, 2.24) is 4.90 Å². The van der Waals surface area contributed by atoms with Gasteiger partial charge in [0.25, 0.3) is 0 Å². The number of hydrogen-bond acceptors (Lipinski definition) is 1. The van der Waals surface area contributed by atoms with E-state index in [9.17, 15) is 0 Å². The van der Waals surface area contributed by atoms with Crippen molar-refractivity contribution < 1.29 is 20.4 Å². The summed E-state index contributed by atoms with van der Waals surface area (Å²) in [5.74, 6) is 0. The molecule has 0 aromatic heterocycles. The van der Waals surface area contributed by atoms with Gasteiger partial charge in [-0.15, -0.1) is 0 Å². The van der Waals surface area contributed by atoms with Gasteiger partial charge in [-0.2, -0.15) is 0 Å². The summed E-state index contributed by atoms with van der Waals surface area (Å²) >= 11 is 2.17. The molecule has 0 fully saturated rings. The van der Waals surface area contributed by atoms with Crippen LogP contribution in [-0.4, -0.2) is 26.0 Å². The molecule has 0 unspecified atom stereocenters. The van der Waals surface area contributed by atoms with Gasteiger partial charge in [0.15, 0.2) is 0 Å². The van der Waals surface area contributed by atoms with Crippen LogP contribution in [0.4, 0.5) is 0 Å². The normalized spacial score (nSPS) is 15.5. The van der Waals surface area contributed by atoms with Gasteiger partial charge in [0.2, 0.25) is 0 Å². The zero-order valence-corrected chi connectivity index (χ0v) is 8.40. The molecule has 1 aliphatic rings. The van der Waals surface area contributed by atoms with E-state index in [0.29, 0.717) is 4.22 Å². The maximum absolute atomic E-state index is 2.17. The average Bonchev–Trinajstić information content (AvgIpc) is 2.15. The number of allylic oxidation sites excluding steroid dienone is 4. The molecule has 1 rings (SSSR count). The quantitative estimate of drug-likeness (QED) is 0.502. The Balaban J connectivity index is 0.000000180. The fourth-order valence-electron chi connectivity index (χ4n) is 0.432. The van der Waals surface area contributed by atoms with E-state index in [1.807, 2.05) is 26.0 Å². The Morgan fingerprint density at radius 3 is 1.50 bits per heavy atom. The first kappa shape index (κ1) is 10.2. The van der Waals surface area contributed by atoms with Crippen molar-refractivity contribution in [2.75, 3.05) is 21.1 Å². The molecular formula is C8H14NTi. The van der Waals surface area contributed by atoms with Crippen molar-refractivity contribution in [3.63, 3.8) is 0 Å². The molecule has 0 saturated heterocycles. The summed E-state index contributed by atoms with van der Waals surface area (Å²) in [5.41, 5.74) is 0. The van der Waals surface area contributed by atoms with E-state index < -0.39 is 0 Å². The molecular weight excluding hydrogens is 158 g/mol. The van der Waals surface area contributed by atoms with E-state index >= 15 is 0 Å². The van der Waals surface area contributed by atoms with Crippen LogP contribution in [0.1, 0.15) is 0 Å². The van der Waals surface area contributed by atoms with Gasteiger partial charge in [0, 0.05) is 0 Å². The Kier molecular flexibility index (Phi) is 5.99. The number of rotatable bonds is 0. The van der Waals surface area contributed by atoms with Crippen LogP contribution in [0.5, 0.6) is 0 Å². The van der Waals surface area contributed by atoms with Crippen molar-refractivity contribution in [3.05, 3.63) is 24.3 Å². The SMILES string of the molecule is CN(C)C.[Ti][CH]1C=CC=C1. The van der Waals surface area contributed by atoms with Gasteiger partial charge in [0.05, 0.1) is 0 Å². The first-order chi connectivity index (χ1) is 4.63. The topological polar surface area (TPSA) is 3.24 Å². The predicted molar refractivity (Wildman–Crippen MR) is 41.6 cm³/mol. The van der Waals surface area contributed by atoms with Crippen LogP contribution in [0.2, 0.25) is 4.22 Å². The Morgan fingerprint density at radius 2 is 1.40 bits per heavy atom. The third kappa shape index (κ3) is 8.15. The van der Waals surface area contributed by atoms with Crippen molar-refractivity contribution in [2.45, 2.75) is 4.22 Å². The molecule has 2 heteroatoms. The van der Waals surface area contributed by atoms with Gasteiger partial charge in [0.1, 0.15) is 0 Å². The van der Waals surface area contributed by atoms with E-state index in [1.165, 1.54) is 0 Å². The third-order valence-electron chi connectivity index (χ3n) is 0.748. The Labute approximate surface area is 75.2 Å². The molecule has 0 radical (unpaired) electrons. The van der Waals surface area contributed by atoms with Gasteiger partial charge in [-0.3, -0.25) is 0 Å². The molecule has 55 valence electrons. The first-order valence-electron chi connectivity index (χ1n) is 3.30. The van der Waals surface area contributed by atoms with Gasteiger partial charge < -0.3 is 4.90 Å². The molecule has 0 N–H and O–H groups in total. The summed E-state index contributed by atoms with van der Waals surface area (Å²) in [6, 6.07) is 0. The average molecular weight is 172 g/mol. The van der Waals surface area contributed by atoms with Crippen LogP contribution < -0.4 is 0 Å². The van der Waals surface area contributed by atoms with Crippen LogP contribution >= 0.6 is 0 Å². The van der Waals surface area contributed by atoms with Gasteiger partial charge in [-0.1, -0.05) is 0 Å². The molecule has 1 nitrogen and oxygen atoms in total. The Bertz CT molecular complexity index is 112. The molecule has 0 aliphatic heterocycles. The summed E-state index contributed by atoms with van der Waals surface area (Å²) < 4.78 is 0.685.